The Hall–Kier alpha value is -3.07. The molecule has 0 saturated carbocycles. The van der Waals surface area contributed by atoms with E-state index in [1.54, 1.807) is 0 Å². The molecule has 0 bridgehead atoms. The third kappa shape index (κ3) is 2.48. The van der Waals surface area contributed by atoms with Gasteiger partial charge >= 0.3 is 0 Å². The molecule has 1 fully saturated rings. The quantitative estimate of drug-likeness (QED) is 0.669. The molecular weight excluding hydrogens is 320 g/mol. The molecule has 2 aliphatic heterocycles. The first-order valence-electron chi connectivity index (χ1n) is 9.07. The van der Waals surface area contributed by atoms with E-state index in [-0.39, 0.29) is 18.0 Å². The largest absolute Gasteiger partial charge is 0.347 e. The van der Waals surface area contributed by atoms with Crippen LogP contribution >= 0.6 is 0 Å². The van der Waals surface area contributed by atoms with Crippen LogP contribution in [0.15, 0.2) is 84.9 Å². The Kier molecular flexibility index (Phi) is 3.52. The lowest BCUT2D eigenvalue weighted by molar-refractivity contribution is -0.131. The number of rotatable bonds is 3. The summed E-state index contributed by atoms with van der Waals surface area (Å²) in [5, 5.41) is 0. The normalized spacial score (nSPS) is 21.0. The van der Waals surface area contributed by atoms with E-state index in [0.717, 1.165) is 0 Å². The molecule has 3 aromatic carbocycles. The van der Waals surface area contributed by atoms with E-state index < -0.39 is 0 Å². The number of hydrogen-bond donors (Lipinski definition) is 0. The number of para-hydroxylation sites is 1. The first kappa shape index (κ1) is 15.2. The molecule has 0 aromatic heterocycles. The maximum atomic E-state index is 13.3. The van der Waals surface area contributed by atoms with E-state index in [2.05, 4.69) is 53.4 Å². The van der Waals surface area contributed by atoms with Crippen LogP contribution in [0.5, 0.6) is 0 Å². The number of nitrogens with zero attached hydrogens (tertiary/aromatic N) is 2. The molecule has 26 heavy (non-hydrogen) atoms. The van der Waals surface area contributed by atoms with Gasteiger partial charge in [-0.05, 0) is 22.8 Å². The SMILES string of the molecule is O=C1[C@@H]2[C@@H](c3ccccc3)N2c2ccccc2CN1Cc1ccccc1. The first-order valence-corrected chi connectivity index (χ1v) is 9.07. The average Bonchev–Trinajstić information content (AvgIpc) is 3.45. The Bertz CT molecular complexity index is 935. The molecule has 128 valence electrons. The zero-order valence-electron chi connectivity index (χ0n) is 14.5. The molecule has 3 nitrogen and oxygen atoms in total. The van der Waals surface area contributed by atoms with Gasteiger partial charge in [-0.25, -0.2) is 0 Å². The van der Waals surface area contributed by atoms with Crippen molar-refractivity contribution >= 4 is 11.6 Å². The van der Waals surface area contributed by atoms with Crippen molar-refractivity contribution in [1.29, 1.82) is 0 Å². The Morgan fingerprint density at radius 2 is 1.42 bits per heavy atom. The summed E-state index contributed by atoms with van der Waals surface area (Å²) in [5.74, 6) is 0.221. The summed E-state index contributed by atoms with van der Waals surface area (Å²) in [7, 11) is 0. The molecule has 3 heteroatoms. The third-order valence-corrected chi connectivity index (χ3v) is 5.36. The highest BCUT2D eigenvalue weighted by atomic mass is 16.2. The monoisotopic (exact) mass is 340 g/mol. The number of fused-ring (bicyclic) bond motifs is 3. The van der Waals surface area contributed by atoms with Crippen LogP contribution in [0.3, 0.4) is 0 Å². The Balaban J connectivity index is 1.53. The van der Waals surface area contributed by atoms with Crippen molar-refractivity contribution in [3.8, 4) is 0 Å². The summed E-state index contributed by atoms with van der Waals surface area (Å²) >= 11 is 0. The van der Waals surface area contributed by atoms with Gasteiger partial charge in [0.1, 0.15) is 6.04 Å². The van der Waals surface area contributed by atoms with Gasteiger partial charge in [0.05, 0.1) is 6.04 Å². The topological polar surface area (TPSA) is 23.3 Å². The summed E-state index contributed by atoms with van der Waals surface area (Å²) in [6, 6.07) is 29.1. The maximum Gasteiger partial charge on any atom is 0.248 e. The van der Waals surface area contributed by atoms with Crippen molar-refractivity contribution in [2.75, 3.05) is 4.90 Å². The highest BCUT2D eigenvalue weighted by Gasteiger charge is 2.56. The third-order valence-electron chi connectivity index (χ3n) is 5.36. The predicted octanol–water partition coefficient (Wildman–Crippen LogP) is 4.16. The minimum atomic E-state index is -0.0928. The fourth-order valence-corrected chi connectivity index (χ4v) is 4.08. The van der Waals surface area contributed by atoms with Gasteiger partial charge in [-0.15, -0.1) is 0 Å². The first-order chi connectivity index (χ1) is 12.8. The standard InChI is InChI=1S/C23H20N2O/c26-23-22-21(18-11-5-2-6-12-18)25(22)20-14-8-7-13-19(20)16-24(23)15-17-9-3-1-4-10-17/h1-14,21-22H,15-16H2/t21-,22+,25?/m1/s1. The minimum Gasteiger partial charge on any atom is -0.347 e. The van der Waals surface area contributed by atoms with Crippen molar-refractivity contribution in [2.24, 2.45) is 0 Å². The van der Waals surface area contributed by atoms with E-state index in [4.69, 9.17) is 0 Å². The number of benzene rings is 3. The fraction of sp³-hybridized carbons (Fsp3) is 0.174. The van der Waals surface area contributed by atoms with Crippen molar-refractivity contribution in [2.45, 2.75) is 25.2 Å². The van der Waals surface area contributed by atoms with Crippen LogP contribution in [-0.4, -0.2) is 16.8 Å². The summed E-state index contributed by atoms with van der Waals surface area (Å²) < 4.78 is 0. The fourth-order valence-electron chi connectivity index (χ4n) is 4.08. The number of carbonyl (C=O) groups excluding carboxylic acids is 1. The van der Waals surface area contributed by atoms with Crippen molar-refractivity contribution < 1.29 is 4.79 Å². The van der Waals surface area contributed by atoms with Gasteiger partial charge in [-0.2, -0.15) is 0 Å². The van der Waals surface area contributed by atoms with Gasteiger partial charge in [-0.1, -0.05) is 78.9 Å². The molecule has 2 atom stereocenters. The van der Waals surface area contributed by atoms with Crippen LogP contribution in [0.1, 0.15) is 22.7 Å². The zero-order chi connectivity index (χ0) is 17.5. The van der Waals surface area contributed by atoms with Crippen LogP contribution in [0.25, 0.3) is 0 Å². The van der Waals surface area contributed by atoms with E-state index in [9.17, 15) is 4.79 Å². The second-order valence-corrected chi connectivity index (χ2v) is 7.02. The van der Waals surface area contributed by atoms with Crippen LogP contribution < -0.4 is 4.90 Å². The zero-order valence-corrected chi connectivity index (χ0v) is 14.5. The summed E-state index contributed by atoms with van der Waals surface area (Å²) in [4.78, 5) is 17.6. The van der Waals surface area contributed by atoms with Crippen LogP contribution in [0.4, 0.5) is 5.69 Å². The molecule has 5 rings (SSSR count). The van der Waals surface area contributed by atoms with E-state index in [1.165, 1.54) is 22.4 Å². The lowest BCUT2D eigenvalue weighted by Crippen LogP contribution is -2.33. The molecular formula is C23H20N2O. The predicted molar refractivity (Wildman–Crippen MR) is 103 cm³/mol. The second-order valence-electron chi connectivity index (χ2n) is 7.02. The Labute approximate surface area is 153 Å². The average molecular weight is 340 g/mol. The maximum absolute atomic E-state index is 13.3. The van der Waals surface area contributed by atoms with Crippen LogP contribution in [0, 0.1) is 0 Å². The lowest BCUT2D eigenvalue weighted by Gasteiger charge is -2.22. The molecule has 0 unspecified atom stereocenters. The van der Waals surface area contributed by atoms with Gasteiger partial charge < -0.3 is 9.80 Å². The van der Waals surface area contributed by atoms with Crippen LogP contribution in [0.2, 0.25) is 0 Å². The Morgan fingerprint density at radius 3 is 2.19 bits per heavy atom. The lowest BCUT2D eigenvalue weighted by atomic mass is 10.1. The summed E-state index contributed by atoms with van der Waals surface area (Å²) in [6.45, 7) is 1.32. The van der Waals surface area contributed by atoms with Gasteiger partial charge in [0, 0.05) is 18.8 Å². The summed E-state index contributed by atoms with van der Waals surface area (Å²) in [5.41, 5.74) is 4.79. The van der Waals surface area contributed by atoms with Gasteiger partial charge in [0.25, 0.3) is 0 Å². The number of anilines is 1. The van der Waals surface area contributed by atoms with Crippen molar-refractivity contribution in [3.63, 3.8) is 0 Å². The van der Waals surface area contributed by atoms with Gasteiger partial charge in [-0.3, -0.25) is 4.79 Å². The molecule has 0 spiro atoms. The molecule has 1 saturated heterocycles. The summed E-state index contributed by atoms with van der Waals surface area (Å²) in [6.07, 6.45) is 0. The second kappa shape index (κ2) is 6.03. The van der Waals surface area contributed by atoms with Crippen molar-refractivity contribution in [1.82, 2.24) is 4.90 Å². The molecule has 0 radical (unpaired) electrons. The highest BCUT2D eigenvalue weighted by molar-refractivity contribution is 5.94. The van der Waals surface area contributed by atoms with Gasteiger partial charge in [0.15, 0.2) is 0 Å². The number of hydrogen-bond acceptors (Lipinski definition) is 2. The molecule has 1 amide bonds. The smallest absolute Gasteiger partial charge is 0.248 e. The Morgan fingerprint density at radius 1 is 0.769 bits per heavy atom. The number of carbonyl (C=O) groups is 1. The van der Waals surface area contributed by atoms with Crippen LogP contribution in [-0.2, 0) is 17.9 Å². The van der Waals surface area contributed by atoms with Gasteiger partial charge in [0.2, 0.25) is 5.91 Å². The van der Waals surface area contributed by atoms with E-state index in [0.29, 0.717) is 13.1 Å². The van der Waals surface area contributed by atoms with E-state index >= 15 is 0 Å². The highest BCUT2D eigenvalue weighted by Crippen LogP contribution is 2.50. The molecule has 0 N–H and O–H groups in total. The number of amides is 1. The van der Waals surface area contributed by atoms with E-state index in [1.807, 2.05) is 41.3 Å². The molecule has 2 aliphatic rings. The molecule has 3 aromatic rings. The van der Waals surface area contributed by atoms with Crippen molar-refractivity contribution in [3.05, 3.63) is 102 Å². The molecule has 0 aliphatic carbocycles. The molecule has 2 heterocycles. The minimum absolute atomic E-state index is 0.0928.